The third-order valence-corrected chi connectivity index (χ3v) is 4.44. The molecule has 1 heterocycles. The van der Waals surface area contributed by atoms with Crippen molar-refractivity contribution < 1.29 is 13.5 Å². The van der Waals surface area contributed by atoms with Crippen LogP contribution in [0.3, 0.4) is 0 Å². The van der Waals surface area contributed by atoms with Crippen LogP contribution < -0.4 is 4.74 Å². The van der Waals surface area contributed by atoms with Gasteiger partial charge in [-0.1, -0.05) is 15.9 Å². The Kier molecular flexibility index (Phi) is 4.75. The fourth-order valence-corrected chi connectivity index (χ4v) is 3.12. The van der Waals surface area contributed by atoms with Gasteiger partial charge in [0.05, 0.1) is 3.79 Å². The molecule has 0 atom stereocenters. The second-order valence-electron chi connectivity index (χ2n) is 3.52. The van der Waals surface area contributed by atoms with Crippen LogP contribution in [0.25, 0.3) is 0 Å². The monoisotopic (exact) mass is 396 g/mol. The summed E-state index contributed by atoms with van der Waals surface area (Å²) < 4.78 is 33.4. The van der Waals surface area contributed by atoms with Gasteiger partial charge in [-0.15, -0.1) is 11.3 Å². The predicted molar refractivity (Wildman–Crippen MR) is 75.3 cm³/mol. The standard InChI is InChI=1S/C12H8Br2F2OS/c13-5-7-3-9(15)12(10(16)4-7)17-6-8-1-2-11(14)18-8/h1-4H,5-6H2. The maximum atomic E-state index is 13.6. The quantitative estimate of drug-likeness (QED) is 0.639. The fraction of sp³-hybridized carbons (Fsp3) is 0.167. The van der Waals surface area contributed by atoms with E-state index in [1.807, 2.05) is 12.1 Å². The Balaban J connectivity index is 2.14. The van der Waals surface area contributed by atoms with Crippen molar-refractivity contribution in [2.75, 3.05) is 0 Å². The summed E-state index contributed by atoms with van der Waals surface area (Å²) in [5, 5.41) is 0.402. The van der Waals surface area contributed by atoms with Gasteiger partial charge in [-0.25, -0.2) is 8.78 Å². The first-order valence-electron chi connectivity index (χ1n) is 5.01. The number of alkyl halides is 1. The Morgan fingerprint density at radius 3 is 2.33 bits per heavy atom. The van der Waals surface area contributed by atoms with Crippen molar-refractivity contribution in [3.63, 3.8) is 0 Å². The lowest BCUT2D eigenvalue weighted by atomic mass is 10.2. The molecular formula is C12H8Br2F2OS. The van der Waals surface area contributed by atoms with Crippen LogP contribution in [0, 0.1) is 11.6 Å². The molecule has 2 aromatic rings. The highest BCUT2D eigenvalue weighted by molar-refractivity contribution is 9.11. The van der Waals surface area contributed by atoms with Crippen LogP contribution in [-0.2, 0) is 11.9 Å². The topological polar surface area (TPSA) is 9.23 Å². The van der Waals surface area contributed by atoms with Gasteiger partial charge in [0, 0.05) is 10.2 Å². The third kappa shape index (κ3) is 3.30. The Morgan fingerprint density at radius 1 is 1.17 bits per heavy atom. The van der Waals surface area contributed by atoms with Crippen LogP contribution >= 0.6 is 43.2 Å². The van der Waals surface area contributed by atoms with E-state index in [0.29, 0.717) is 10.9 Å². The van der Waals surface area contributed by atoms with Gasteiger partial charge in [0.2, 0.25) is 0 Å². The first-order chi connectivity index (χ1) is 8.60. The normalized spacial score (nSPS) is 10.7. The number of halogens is 4. The van der Waals surface area contributed by atoms with E-state index < -0.39 is 11.6 Å². The van der Waals surface area contributed by atoms with Crippen molar-refractivity contribution in [1.29, 1.82) is 0 Å². The lowest BCUT2D eigenvalue weighted by molar-refractivity contribution is 0.277. The number of benzene rings is 1. The Labute approximate surface area is 124 Å². The first kappa shape index (κ1) is 14.0. The molecule has 1 aromatic carbocycles. The van der Waals surface area contributed by atoms with E-state index in [4.69, 9.17) is 4.74 Å². The highest BCUT2D eigenvalue weighted by atomic mass is 79.9. The van der Waals surface area contributed by atoms with Crippen molar-refractivity contribution >= 4 is 43.2 Å². The molecular weight excluding hydrogens is 390 g/mol. The van der Waals surface area contributed by atoms with E-state index in [2.05, 4.69) is 31.9 Å². The van der Waals surface area contributed by atoms with Crippen LogP contribution in [0.2, 0.25) is 0 Å². The molecule has 0 saturated carbocycles. The van der Waals surface area contributed by atoms with E-state index in [9.17, 15) is 8.78 Å². The molecule has 0 saturated heterocycles. The highest BCUT2D eigenvalue weighted by Gasteiger charge is 2.13. The molecule has 0 radical (unpaired) electrons. The second kappa shape index (κ2) is 6.12. The molecule has 96 valence electrons. The number of hydrogen-bond donors (Lipinski definition) is 0. The van der Waals surface area contributed by atoms with Crippen LogP contribution in [0.5, 0.6) is 5.75 Å². The summed E-state index contributed by atoms with van der Waals surface area (Å²) in [6.45, 7) is 0.151. The number of thiophene rings is 1. The minimum atomic E-state index is -0.680. The van der Waals surface area contributed by atoms with Gasteiger partial charge >= 0.3 is 0 Å². The van der Waals surface area contributed by atoms with Crippen molar-refractivity contribution in [2.45, 2.75) is 11.9 Å². The molecule has 2 rings (SSSR count). The maximum absolute atomic E-state index is 13.6. The van der Waals surface area contributed by atoms with E-state index in [1.165, 1.54) is 23.5 Å². The Bertz CT molecular complexity index is 534. The van der Waals surface area contributed by atoms with Gasteiger partial charge in [0.1, 0.15) is 6.61 Å². The van der Waals surface area contributed by atoms with E-state index in [0.717, 1.165) is 8.66 Å². The Hall–Kier alpha value is -0.460. The Morgan fingerprint density at radius 2 is 1.83 bits per heavy atom. The minimum Gasteiger partial charge on any atom is -0.482 e. The fourth-order valence-electron chi connectivity index (χ4n) is 1.40. The van der Waals surface area contributed by atoms with Gasteiger partial charge in [0.25, 0.3) is 0 Å². The van der Waals surface area contributed by atoms with Crippen molar-refractivity contribution in [1.82, 2.24) is 0 Å². The smallest absolute Gasteiger partial charge is 0.191 e. The molecule has 6 heteroatoms. The SMILES string of the molecule is Fc1cc(CBr)cc(F)c1OCc1ccc(Br)s1. The molecule has 0 aliphatic heterocycles. The van der Waals surface area contributed by atoms with Gasteiger partial charge in [-0.2, -0.15) is 0 Å². The summed E-state index contributed by atoms with van der Waals surface area (Å²) >= 11 is 7.93. The zero-order valence-corrected chi connectivity index (χ0v) is 13.0. The van der Waals surface area contributed by atoms with Crippen LogP contribution in [-0.4, -0.2) is 0 Å². The molecule has 1 aromatic heterocycles. The molecule has 18 heavy (non-hydrogen) atoms. The number of rotatable bonds is 4. The molecule has 0 amide bonds. The van der Waals surface area contributed by atoms with Crippen molar-refractivity contribution in [2.24, 2.45) is 0 Å². The zero-order valence-electron chi connectivity index (χ0n) is 9.05. The summed E-state index contributed by atoms with van der Waals surface area (Å²) in [5.41, 5.74) is 0.538. The lowest BCUT2D eigenvalue weighted by Gasteiger charge is -2.08. The summed E-state index contributed by atoms with van der Waals surface area (Å²) in [6.07, 6.45) is 0. The molecule has 0 aliphatic carbocycles. The predicted octanol–water partition coefficient (Wildman–Crippen LogP) is 5.26. The molecule has 0 bridgehead atoms. The third-order valence-electron chi connectivity index (χ3n) is 2.20. The maximum Gasteiger partial charge on any atom is 0.191 e. The van der Waals surface area contributed by atoms with Gasteiger partial charge in [-0.3, -0.25) is 0 Å². The lowest BCUT2D eigenvalue weighted by Crippen LogP contribution is -1.99. The van der Waals surface area contributed by atoms with E-state index in [1.54, 1.807) is 0 Å². The van der Waals surface area contributed by atoms with Gasteiger partial charge in [0.15, 0.2) is 17.4 Å². The average Bonchev–Trinajstić information content (AvgIpc) is 2.73. The number of ether oxygens (including phenoxy) is 1. The molecule has 0 spiro atoms. The number of hydrogen-bond acceptors (Lipinski definition) is 2. The van der Waals surface area contributed by atoms with Crippen molar-refractivity contribution in [3.8, 4) is 5.75 Å². The summed E-state index contributed by atoms with van der Waals surface area (Å²) in [5.74, 6) is -1.69. The summed E-state index contributed by atoms with van der Waals surface area (Å²) in [6, 6.07) is 6.23. The van der Waals surface area contributed by atoms with Crippen LogP contribution in [0.1, 0.15) is 10.4 Å². The molecule has 0 N–H and O–H groups in total. The minimum absolute atomic E-state index is 0.151. The summed E-state index contributed by atoms with van der Waals surface area (Å²) in [7, 11) is 0. The van der Waals surface area contributed by atoms with Crippen LogP contribution in [0.15, 0.2) is 28.1 Å². The van der Waals surface area contributed by atoms with E-state index >= 15 is 0 Å². The average molecular weight is 398 g/mol. The molecule has 0 unspecified atom stereocenters. The van der Waals surface area contributed by atoms with Crippen LogP contribution in [0.4, 0.5) is 8.78 Å². The molecule has 0 fully saturated rings. The van der Waals surface area contributed by atoms with Gasteiger partial charge < -0.3 is 4.74 Å². The summed E-state index contributed by atoms with van der Waals surface area (Å²) in [4.78, 5) is 0.894. The molecule has 1 nitrogen and oxygen atoms in total. The second-order valence-corrected chi connectivity index (χ2v) is 6.63. The highest BCUT2D eigenvalue weighted by Crippen LogP contribution is 2.27. The van der Waals surface area contributed by atoms with Gasteiger partial charge in [-0.05, 0) is 45.8 Å². The zero-order chi connectivity index (χ0) is 13.1. The first-order valence-corrected chi connectivity index (χ1v) is 7.74. The molecule has 0 aliphatic rings. The van der Waals surface area contributed by atoms with Crippen molar-refractivity contribution in [3.05, 3.63) is 50.1 Å². The van der Waals surface area contributed by atoms with E-state index in [-0.39, 0.29) is 12.4 Å². The largest absolute Gasteiger partial charge is 0.482 e.